The van der Waals surface area contributed by atoms with Crippen LogP contribution in [0, 0.1) is 11.8 Å². The van der Waals surface area contributed by atoms with Crippen molar-refractivity contribution in [3.05, 3.63) is 120 Å². The lowest BCUT2D eigenvalue weighted by atomic mass is 9.80. The summed E-state index contributed by atoms with van der Waals surface area (Å²) in [5.41, 5.74) is 8.38. The second-order valence-corrected chi connectivity index (χ2v) is 30.6. The van der Waals surface area contributed by atoms with E-state index in [0.717, 1.165) is 77.7 Å². The Labute approximate surface area is 493 Å². The summed E-state index contributed by atoms with van der Waals surface area (Å²) in [5, 5.41) is 43.0. The molecule has 4 aliphatic heterocycles. The van der Waals surface area contributed by atoms with Crippen molar-refractivity contribution in [1.82, 2.24) is 94.7 Å². The summed E-state index contributed by atoms with van der Waals surface area (Å²) in [4.78, 5) is 13.9. The van der Waals surface area contributed by atoms with Gasteiger partial charge in [0.1, 0.15) is 5.54 Å². The van der Waals surface area contributed by atoms with Crippen molar-refractivity contribution in [3.8, 4) is 0 Å². The van der Waals surface area contributed by atoms with Crippen LogP contribution in [0.1, 0.15) is 226 Å². The van der Waals surface area contributed by atoms with Crippen molar-refractivity contribution in [2.24, 2.45) is 11.8 Å². The molecule has 19 nitrogen and oxygen atoms in total. The monoisotopic (exact) mass is 1130 g/mol. The molecule has 16 rings (SSSR count). The summed E-state index contributed by atoms with van der Waals surface area (Å²) in [6.45, 7) is 38.9. The fourth-order valence-electron chi connectivity index (χ4n) is 12.0. The smallest absolute Gasteiger partial charge is 0.106 e. The maximum atomic E-state index is 4.47. The second kappa shape index (κ2) is 21.8. The molecule has 0 amide bonds. The predicted molar refractivity (Wildman–Crippen MR) is 322 cm³/mol. The molecule has 5 aliphatic carbocycles. The Morgan fingerprint density at radius 1 is 0.434 bits per heavy atom. The van der Waals surface area contributed by atoms with Gasteiger partial charge in [0, 0.05) is 115 Å². The van der Waals surface area contributed by atoms with E-state index in [1.54, 1.807) is 0 Å². The largest absolute Gasteiger partial charge is 0.303 e. The van der Waals surface area contributed by atoms with Gasteiger partial charge in [-0.25, -0.2) is 23.4 Å². The van der Waals surface area contributed by atoms with Gasteiger partial charge in [-0.2, -0.15) is 0 Å². The Bertz CT molecular complexity index is 3120. The SMILES string of the molecule is CC(C)(C)c1cn(C2(c3ccccn3)CC2)nn1.CC(C)(C)c1cn(C2(c3cccnc3)CC2)nn1.CC(C)(C)c1cn(C23CCN(CC2)CC3)nn1.CC(C)(C)c1cn(C2CC2)nn1.CC(C)(C)c1cn(C2[C@H]3CN(C4CC4)C[C@@H]23)nn1. The fraction of sp³-hybridized carbons (Fsp3) is 0.688. The zero-order chi connectivity index (χ0) is 59.0. The van der Waals surface area contributed by atoms with E-state index in [-0.39, 0.29) is 43.7 Å². The van der Waals surface area contributed by atoms with Gasteiger partial charge in [0.2, 0.25) is 0 Å². The molecule has 9 aliphatic rings. The molecule has 11 heterocycles. The number of pyridine rings is 2. The first-order valence-corrected chi connectivity index (χ1v) is 31.1. The van der Waals surface area contributed by atoms with E-state index in [0.29, 0.717) is 12.1 Å². The molecule has 0 spiro atoms. The summed E-state index contributed by atoms with van der Waals surface area (Å²) in [6, 6.07) is 12.4. The summed E-state index contributed by atoms with van der Waals surface area (Å²) in [6.07, 6.45) is 29.7. The fourth-order valence-corrected chi connectivity index (χ4v) is 12.0. The topological polar surface area (TPSA) is 186 Å². The van der Waals surface area contributed by atoms with Gasteiger partial charge in [-0.05, 0) is 94.4 Å². The van der Waals surface area contributed by atoms with Crippen molar-refractivity contribution in [2.45, 2.75) is 236 Å². The zero-order valence-corrected chi connectivity index (χ0v) is 52.7. The highest BCUT2D eigenvalue weighted by Gasteiger charge is 2.59. The molecule has 0 aromatic carbocycles. The average Bonchev–Trinajstić information content (AvgIpc) is 4.64. The third-order valence-corrected chi connectivity index (χ3v) is 18.6. The number of hydrogen-bond donors (Lipinski definition) is 0. The molecule has 1 unspecified atom stereocenters. The first kappa shape index (κ1) is 58.7. The van der Waals surface area contributed by atoms with Gasteiger partial charge in [-0.1, -0.05) is 142 Å². The molecular formula is C64H95N19. The molecule has 0 radical (unpaired) electrons. The van der Waals surface area contributed by atoms with Crippen LogP contribution < -0.4 is 0 Å². The number of piperidine rings is 4. The molecule has 0 N–H and O–H groups in total. The lowest BCUT2D eigenvalue weighted by Gasteiger charge is -2.48. The lowest BCUT2D eigenvalue weighted by Crippen LogP contribution is -2.53. The van der Waals surface area contributed by atoms with Crippen LogP contribution in [0.15, 0.2) is 79.9 Å². The standard InChI is InChI=1S/C14H22N4.2C14H18N4.C13H22N4.C9H15N3/c1-14(2,3)12-8-18(16-15-12)13-10-6-17(7-11(10)13)9-4-5-9;1-13(2,3)12-10-18(17-16-12)14(6-7-14)11-5-4-8-15-9-11;1-13(2,3)12-10-18(17-16-12)14(7-8-14)11-6-4-5-9-15-11;1-12(2,3)11-10-17(15-14-11)13-4-7-16(8-5-13)9-6-13;1-9(2,3)8-6-12(11-10-8)7-4-5-7/h8-11,13H,4-7H2,1-3H3;4-5,8-10H,6-7H2,1-3H3;4-6,9-10H,7-8H2,1-3H3;10H,4-9H2,1-3H3;6-7H,4-5H2,1-3H3/t10-,11+,13?;;;;. The maximum Gasteiger partial charge on any atom is 0.106 e. The first-order valence-electron chi connectivity index (χ1n) is 31.1. The predicted octanol–water partition coefficient (Wildman–Crippen LogP) is 10.5. The van der Waals surface area contributed by atoms with Crippen LogP contribution in [0.2, 0.25) is 0 Å². The van der Waals surface area contributed by atoms with E-state index in [1.165, 1.54) is 83.2 Å². The average molecular weight is 1130 g/mol. The van der Waals surface area contributed by atoms with Crippen molar-refractivity contribution in [2.75, 3.05) is 32.7 Å². The summed E-state index contributed by atoms with van der Waals surface area (Å²) >= 11 is 0. The Kier molecular flexibility index (Phi) is 15.4. The highest BCUT2D eigenvalue weighted by Crippen LogP contribution is 2.57. The molecule has 7 aromatic rings. The number of nitrogens with zero attached hydrogens (tertiary/aromatic N) is 19. The van der Waals surface area contributed by atoms with E-state index >= 15 is 0 Å². The molecule has 9 fully saturated rings. The highest BCUT2D eigenvalue weighted by atomic mass is 15.5. The Morgan fingerprint density at radius 3 is 1.30 bits per heavy atom. The van der Waals surface area contributed by atoms with Gasteiger partial charge in [-0.3, -0.25) is 14.9 Å². The number of hydrogen-bond acceptors (Lipinski definition) is 14. The number of rotatable bonds is 8. The maximum absolute atomic E-state index is 4.47. The van der Waals surface area contributed by atoms with Crippen LogP contribution in [0.4, 0.5) is 0 Å². The molecule has 5 saturated carbocycles. The van der Waals surface area contributed by atoms with Crippen molar-refractivity contribution in [1.29, 1.82) is 0 Å². The number of aromatic nitrogens is 17. The van der Waals surface area contributed by atoms with Crippen molar-refractivity contribution in [3.63, 3.8) is 0 Å². The van der Waals surface area contributed by atoms with Gasteiger partial charge in [-0.15, -0.1) is 25.5 Å². The molecule has 3 atom stereocenters. The quantitative estimate of drug-likeness (QED) is 0.140. The van der Waals surface area contributed by atoms with Gasteiger partial charge >= 0.3 is 0 Å². The van der Waals surface area contributed by atoms with E-state index in [2.05, 4.69) is 228 Å². The van der Waals surface area contributed by atoms with E-state index in [9.17, 15) is 0 Å². The van der Waals surface area contributed by atoms with E-state index in [4.69, 9.17) is 0 Å². The summed E-state index contributed by atoms with van der Waals surface area (Å²) in [7, 11) is 0. The van der Waals surface area contributed by atoms with Crippen LogP contribution in [0.3, 0.4) is 0 Å². The molecule has 7 aromatic heterocycles. The molecule has 446 valence electrons. The van der Waals surface area contributed by atoms with Gasteiger partial charge in [0.25, 0.3) is 0 Å². The molecule has 83 heavy (non-hydrogen) atoms. The highest BCUT2D eigenvalue weighted by molar-refractivity contribution is 5.29. The molecule has 4 saturated heterocycles. The van der Waals surface area contributed by atoms with Crippen LogP contribution in [0.25, 0.3) is 0 Å². The van der Waals surface area contributed by atoms with Crippen LogP contribution in [-0.2, 0) is 43.7 Å². The minimum Gasteiger partial charge on any atom is -0.303 e. The van der Waals surface area contributed by atoms with Crippen molar-refractivity contribution >= 4 is 0 Å². The Morgan fingerprint density at radius 2 is 0.880 bits per heavy atom. The van der Waals surface area contributed by atoms with Crippen LogP contribution in [-0.4, -0.2) is 134 Å². The third kappa shape index (κ3) is 13.0. The number of likely N-dealkylation sites (tertiary alicyclic amines) is 1. The molecular weight excluding hydrogens is 1030 g/mol. The van der Waals surface area contributed by atoms with Crippen molar-refractivity contribution < 1.29 is 0 Å². The minimum absolute atomic E-state index is 0.00472. The second-order valence-electron chi connectivity index (χ2n) is 30.6. The summed E-state index contributed by atoms with van der Waals surface area (Å²) in [5.74, 6) is 1.69. The number of fused-ring (bicyclic) bond motifs is 4. The Balaban J connectivity index is 0.000000109. The molecule has 19 heteroatoms. The van der Waals surface area contributed by atoms with Crippen LogP contribution in [0.5, 0.6) is 0 Å². The van der Waals surface area contributed by atoms with E-state index < -0.39 is 0 Å². The first-order chi connectivity index (χ1) is 39.2. The minimum atomic E-state index is -0.0439. The van der Waals surface area contributed by atoms with Crippen LogP contribution >= 0.6 is 0 Å². The van der Waals surface area contributed by atoms with Gasteiger partial charge in [0.05, 0.1) is 69.7 Å². The van der Waals surface area contributed by atoms with E-state index in [1.807, 2.05) is 50.8 Å². The van der Waals surface area contributed by atoms with Gasteiger partial charge < -0.3 is 4.90 Å². The lowest BCUT2D eigenvalue weighted by molar-refractivity contribution is 0.0252. The molecule has 2 bridgehead atoms. The van der Waals surface area contributed by atoms with Gasteiger partial charge in [0.15, 0.2) is 0 Å². The normalized spacial score (nSPS) is 24.9. The third-order valence-electron chi connectivity index (χ3n) is 18.6. The summed E-state index contributed by atoms with van der Waals surface area (Å²) < 4.78 is 10.3. The Hall–Kier alpha value is -6.08. The zero-order valence-electron chi connectivity index (χ0n) is 52.7.